The van der Waals surface area contributed by atoms with Crippen LogP contribution in [0.25, 0.3) is 0 Å². The van der Waals surface area contributed by atoms with Gasteiger partial charge in [-0.3, -0.25) is 0 Å². The lowest BCUT2D eigenvalue weighted by atomic mass is 10.1. The zero-order chi connectivity index (χ0) is 12.5. The predicted octanol–water partition coefficient (Wildman–Crippen LogP) is 2.16. The van der Waals surface area contributed by atoms with E-state index >= 15 is 0 Å². The number of alkyl halides is 1. The standard InChI is InChI=1S/C12H11ClFN3O/c13-5-10-6-17(16-15-10)7-11-4-8-3-9(14)1-2-12(8)18-11/h1-3,6,11H,4-5,7H2. The number of hydrogen-bond acceptors (Lipinski definition) is 3. The van der Waals surface area contributed by atoms with Gasteiger partial charge in [0, 0.05) is 18.2 Å². The maximum atomic E-state index is 13.1. The second-order valence-corrected chi connectivity index (χ2v) is 4.53. The van der Waals surface area contributed by atoms with Gasteiger partial charge in [-0.1, -0.05) is 5.21 Å². The van der Waals surface area contributed by atoms with Crippen molar-refractivity contribution in [1.82, 2.24) is 15.0 Å². The molecule has 2 aromatic rings. The van der Waals surface area contributed by atoms with Crippen LogP contribution in [0.15, 0.2) is 24.4 Å². The summed E-state index contributed by atoms with van der Waals surface area (Å²) in [4.78, 5) is 0. The Hall–Kier alpha value is -1.62. The third-order valence-corrected chi connectivity index (χ3v) is 3.15. The van der Waals surface area contributed by atoms with Gasteiger partial charge in [0.1, 0.15) is 17.7 Å². The zero-order valence-corrected chi connectivity index (χ0v) is 10.3. The molecule has 1 aromatic heterocycles. The Kier molecular flexibility index (Phi) is 2.91. The number of aromatic nitrogens is 3. The van der Waals surface area contributed by atoms with Crippen LogP contribution in [0.2, 0.25) is 0 Å². The topological polar surface area (TPSA) is 39.9 Å². The Morgan fingerprint density at radius 2 is 2.39 bits per heavy atom. The molecule has 0 N–H and O–H groups in total. The van der Waals surface area contributed by atoms with Crippen LogP contribution in [0.1, 0.15) is 11.3 Å². The lowest BCUT2D eigenvalue weighted by molar-refractivity contribution is 0.202. The monoisotopic (exact) mass is 267 g/mol. The molecular weight excluding hydrogens is 257 g/mol. The fourth-order valence-electron chi connectivity index (χ4n) is 2.09. The van der Waals surface area contributed by atoms with E-state index in [1.807, 2.05) is 0 Å². The van der Waals surface area contributed by atoms with Crippen LogP contribution in [-0.4, -0.2) is 21.1 Å². The summed E-state index contributed by atoms with van der Waals surface area (Å²) < 4.78 is 20.5. The van der Waals surface area contributed by atoms with E-state index in [1.54, 1.807) is 16.9 Å². The molecule has 2 heterocycles. The highest BCUT2D eigenvalue weighted by Gasteiger charge is 2.23. The third-order valence-electron chi connectivity index (χ3n) is 2.88. The molecule has 0 amide bonds. The Labute approximate surface area is 108 Å². The SMILES string of the molecule is Fc1ccc2c(c1)CC(Cn1cc(CCl)nn1)O2. The number of nitrogens with zero attached hydrogens (tertiary/aromatic N) is 3. The van der Waals surface area contributed by atoms with Crippen LogP contribution in [0, 0.1) is 5.82 Å². The van der Waals surface area contributed by atoms with Crippen LogP contribution in [0.3, 0.4) is 0 Å². The molecule has 0 aliphatic carbocycles. The van der Waals surface area contributed by atoms with Crippen molar-refractivity contribution in [3.8, 4) is 5.75 Å². The van der Waals surface area contributed by atoms with Crippen molar-refractivity contribution >= 4 is 11.6 Å². The smallest absolute Gasteiger partial charge is 0.123 e. The first kappa shape index (κ1) is 11.5. The summed E-state index contributed by atoms with van der Waals surface area (Å²) in [7, 11) is 0. The van der Waals surface area contributed by atoms with Gasteiger partial charge < -0.3 is 4.74 Å². The first-order chi connectivity index (χ1) is 8.74. The summed E-state index contributed by atoms with van der Waals surface area (Å²) >= 11 is 5.66. The molecule has 1 aliphatic heterocycles. The number of halogens is 2. The second kappa shape index (κ2) is 4.57. The van der Waals surface area contributed by atoms with Gasteiger partial charge in [0.05, 0.1) is 18.1 Å². The fourth-order valence-corrected chi connectivity index (χ4v) is 2.21. The number of rotatable bonds is 3. The highest BCUT2D eigenvalue weighted by atomic mass is 35.5. The molecule has 4 nitrogen and oxygen atoms in total. The third kappa shape index (κ3) is 2.18. The lowest BCUT2D eigenvalue weighted by Gasteiger charge is -2.09. The lowest BCUT2D eigenvalue weighted by Crippen LogP contribution is -2.21. The molecule has 0 fully saturated rings. The molecule has 1 aromatic carbocycles. The van der Waals surface area contributed by atoms with Crippen LogP contribution < -0.4 is 4.74 Å². The molecule has 94 valence electrons. The van der Waals surface area contributed by atoms with Crippen LogP contribution in [0.5, 0.6) is 5.75 Å². The molecule has 0 saturated heterocycles. The van der Waals surface area contributed by atoms with Gasteiger partial charge in [0.15, 0.2) is 0 Å². The number of hydrogen-bond donors (Lipinski definition) is 0. The summed E-state index contributed by atoms with van der Waals surface area (Å²) in [5, 5.41) is 7.86. The molecule has 1 atom stereocenters. The van der Waals surface area contributed by atoms with Gasteiger partial charge in [-0.15, -0.1) is 16.7 Å². The Morgan fingerprint density at radius 1 is 1.50 bits per heavy atom. The van der Waals surface area contributed by atoms with E-state index < -0.39 is 0 Å². The molecule has 0 saturated carbocycles. The first-order valence-corrected chi connectivity index (χ1v) is 6.18. The van der Waals surface area contributed by atoms with E-state index in [4.69, 9.17) is 16.3 Å². The maximum Gasteiger partial charge on any atom is 0.123 e. The molecular formula is C12H11ClFN3O. The summed E-state index contributed by atoms with van der Waals surface area (Å²) in [6, 6.07) is 4.58. The quantitative estimate of drug-likeness (QED) is 0.800. The van der Waals surface area contributed by atoms with E-state index in [1.165, 1.54) is 12.1 Å². The van der Waals surface area contributed by atoms with Gasteiger partial charge in [0.2, 0.25) is 0 Å². The molecule has 3 rings (SSSR count). The van der Waals surface area contributed by atoms with Crippen molar-refractivity contribution in [2.45, 2.75) is 24.9 Å². The van der Waals surface area contributed by atoms with E-state index in [9.17, 15) is 4.39 Å². The highest BCUT2D eigenvalue weighted by Crippen LogP contribution is 2.29. The minimum absolute atomic E-state index is 0.0355. The van der Waals surface area contributed by atoms with Gasteiger partial charge in [-0.25, -0.2) is 9.07 Å². The predicted molar refractivity (Wildman–Crippen MR) is 64.1 cm³/mol. The Balaban J connectivity index is 1.70. The summed E-state index contributed by atoms with van der Waals surface area (Å²) in [5.74, 6) is 0.860. The number of fused-ring (bicyclic) bond motifs is 1. The van der Waals surface area contributed by atoms with Crippen LogP contribution in [-0.2, 0) is 18.8 Å². The van der Waals surface area contributed by atoms with Crippen molar-refractivity contribution in [1.29, 1.82) is 0 Å². The number of ether oxygens (including phenoxy) is 1. The average Bonchev–Trinajstić information content (AvgIpc) is 2.95. The van der Waals surface area contributed by atoms with E-state index in [2.05, 4.69) is 10.3 Å². The largest absolute Gasteiger partial charge is 0.488 e. The van der Waals surface area contributed by atoms with Crippen molar-refractivity contribution in [2.24, 2.45) is 0 Å². The second-order valence-electron chi connectivity index (χ2n) is 4.26. The summed E-state index contributed by atoms with van der Waals surface area (Å²) in [6.07, 6.45) is 2.44. The molecule has 1 unspecified atom stereocenters. The van der Waals surface area contributed by atoms with Gasteiger partial charge in [-0.2, -0.15) is 0 Å². The minimum atomic E-state index is -0.233. The highest BCUT2D eigenvalue weighted by molar-refractivity contribution is 6.16. The molecule has 18 heavy (non-hydrogen) atoms. The molecule has 0 bridgehead atoms. The van der Waals surface area contributed by atoms with E-state index in [-0.39, 0.29) is 11.9 Å². The summed E-state index contributed by atoms with van der Waals surface area (Å²) in [5.41, 5.74) is 1.64. The molecule has 0 spiro atoms. The van der Waals surface area contributed by atoms with Crippen LogP contribution in [0.4, 0.5) is 4.39 Å². The number of benzene rings is 1. The van der Waals surface area contributed by atoms with Gasteiger partial charge >= 0.3 is 0 Å². The van der Waals surface area contributed by atoms with E-state index in [0.717, 1.165) is 17.0 Å². The van der Waals surface area contributed by atoms with Gasteiger partial charge in [0.25, 0.3) is 0 Å². The molecule has 1 aliphatic rings. The van der Waals surface area contributed by atoms with Gasteiger partial charge in [-0.05, 0) is 18.2 Å². The fraction of sp³-hybridized carbons (Fsp3) is 0.333. The Bertz CT molecular complexity index is 572. The van der Waals surface area contributed by atoms with E-state index in [0.29, 0.717) is 18.8 Å². The van der Waals surface area contributed by atoms with Crippen molar-refractivity contribution in [3.05, 3.63) is 41.5 Å². The minimum Gasteiger partial charge on any atom is -0.488 e. The molecule has 6 heteroatoms. The molecule has 0 radical (unpaired) electrons. The maximum absolute atomic E-state index is 13.1. The van der Waals surface area contributed by atoms with Crippen molar-refractivity contribution < 1.29 is 9.13 Å². The van der Waals surface area contributed by atoms with Crippen molar-refractivity contribution in [2.75, 3.05) is 0 Å². The van der Waals surface area contributed by atoms with Crippen molar-refractivity contribution in [3.63, 3.8) is 0 Å². The average molecular weight is 268 g/mol. The summed E-state index contributed by atoms with van der Waals surface area (Å²) in [6.45, 7) is 0.584. The normalized spacial score (nSPS) is 17.6. The first-order valence-electron chi connectivity index (χ1n) is 5.64. The Morgan fingerprint density at radius 3 is 3.17 bits per heavy atom. The zero-order valence-electron chi connectivity index (χ0n) is 9.51. The van der Waals surface area contributed by atoms with Crippen LogP contribution >= 0.6 is 11.6 Å².